The number of carboxylic acids is 1. The third kappa shape index (κ3) is 3.82. The van der Waals surface area contributed by atoms with Gasteiger partial charge in [-0.2, -0.15) is 0 Å². The van der Waals surface area contributed by atoms with E-state index in [0.717, 1.165) is 12.0 Å². The van der Waals surface area contributed by atoms with Gasteiger partial charge in [0.1, 0.15) is 17.9 Å². The van der Waals surface area contributed by atoms with Crippen LogP contribution in [0.4, 0.5) is 0 Å². The topological polar surface area (TPSA) is 66.8 Å². The van der Waals surface area contributed by atoms with Gasteiger partial charge < -0.3 is 14.7 Å². The molecule has 0 bridgehead atoms. The average molecular weight is 339 g/mol. The van der Waals surface area contributed by atoms with E-state index in [4.69, 9.17) is 4.74 Å². The van der Waals surface area contributed by atoms with Crippen molar-refractivity contribution < 1.29 is 19.4 Å². The molecule has 5 nitrogen and oxygen atoms in total. The predicted octanol–water partition coefficient (Wildman–Crippen LogP) is 3.52. The molecule has 2 aromatic carbocycles. The van der Waals surface area contributed by atoms with E-state index in [1.54, 1.807) is 24.3 Å². The van der Waals surface area contributed by atoms with Crippen LogP contribution in [-0.2, 0) is 4.79 Å². The molecule has 1 N–H and O–H groups in total. The summed E-state index contributed by atoms with van der Waals surface area (Å²) >= 11 is 0. The Morgan fingerprint density at radius 3 is 2.44 bits per heavy atom. The zero-order valence-electron chi connectivity index (χ0n) is 14.1. The van der Waals surface area contributed by atoms with Crippen LogP contribution in [0, 0.1) is 0 Å². The van der Waals surface area contributed by atoms with Crippen molar-refractivity contribution in [2.45, 2.75) is 31.9 Å². The highest BCUT2D eigenvalue weighted by atomic mass is 16.5. The van der Waals surface area contributed by atoms with Crippen LogP contribution in [0.5, 0.6) is 5.75 Å². The number of amides is 1. The molecule has 2 aromatic rings. The highest BCUT2D eigenvalue weighted by molar-refractivity contribution is 5.97. The van der Waals surface area contributed by atoms with Gasteiger partial charge >= 0.3 is 5.97 Å². The summed E-state index contributed by atoms with van der Waals surface area (Å²) in [6.07, 6.45) is 1.13. The van der Waals surface area contributed by atoms with Gasteiger partial charge in [-0.3, -0.25) is 4.79 Å². The van der Waals surface area contributed by atoms with Crippen LogP contribution < -0.4 is 4.74 Å². The molecule has 5 heteroatoms. The zero-order valence-corrected chi connectivity index (χ0v) is 14.1. The van der Waals surface area contributed by atoms with Gasteiger partial charge in [-0.15, -0.1) is 0 Å². The molecule has 1 amide bonds. The molecule has 0 spiro atoms. The molecule has 1 saturated heterocycles. The van der Waals surface area contributed by atoms with Crippen molar-refractivity contribution in [3.8, 4) is 5.75 Å². The molecule has 0 radical (unpaired) electrons. The third-order valence-electron chi connectivity index (χ3n) is 4.48. The largest absolute Gasteiger partial charge is 0.486 e. The van der Waals surface area contributed by atoms with Crippen molar-refractivity contribution in [3.05, 3.63) is 65.7 Å². The van der Waals surface area contributed by atoms with E-state index in [0.29, 0.717) is 24.3 Å². The second-order valence-corrected chi connectivity index (χ2v) is 6.19. The van der Waals surface area contributed by atoms with Gasteiger partial charge in [-0.05, 0) is 49.6 Å². The molecule has 0 saturated carbocycles. The molecule has 0 aromatic heterocycles. The van der Waals surface area contributed by atoms with E-state index in [9.17, 15) is 14.7 Å². The second-order valence-electron chi connectivity index (χ2n) is 6.19. The second kappa shape index (κ2) is 7.38. The Morgan fingerprint density at radius 1 is 1.12 bits per heavy atom. The molecule has 1 unspecified atom stereocenters. The van der Waals surface area contributed by atoms with E-state index >= 15 is 0 Å². The third-order valence-corrected chi connectivity index (χ3v) is 4.48. The summed E-state index contributed by atoms with van der Waals surface area (Å²) in [7, 11) is 0. The Kier molecular flexibility index (Phi) is 5.03. The lowest BCUT2D eigenvalue weighted by Gasteiger charge is -2.21. The summed E-state index contributed by atoms with van der Waals surface area (Å²) in [5.74, 6) is -0.515. The zero-order chi connectivity index (χ0) is 17.8. The Balaban J connectivity index is 1.68. The van der Waals surface area contributed by atoms with Crippen LogP contribution in [0.25, 0.3) is 0 Å². The number of aliphatic carboxylic acids is 1. The Bertz CT molecular complexity index is 742. The van der Waals surface area contributed by atoms with Gasteiger partial charge in [0.05, 0.1) is 0 Å². The molecule has 1 aliphatic rings. The molecule has 1 aliphatic heterocycles. The average Bonchev–Trinajstić information content (AvgIpc) is 3.12. The number of rotatable bonds is 5. The highest BCUT2D eigenvalue weighted by Gasteiger charge is 2.34. The summed E-state index contributed by atoms with van der Waals surface area (Å²) in [4.78, 5) is 25.2. The maximum absolute atomic E-state index is 12.5. The van der Waals surface area contributed by atoms with Crippen molar-refractivity contribution >= 4 is 11.9 Å². The van der Waals surface area contributed by atoms with Crippen LogP contribution in [0.1, 0.15) is 41.8 Å². The number of likely N-dealkylation sites (tertiary alicyclic amines) is 1. The molecular formula is C20H21NO4. The normalized spacial score (nSPS) is 18.0. The minimum Gasteiger partial charge on any atom is -0.486 e. The quantitative estimate of drug-likeness (QED) is 0.905. The maximum atomic E-state index is 12.5. The molecule has 1 fully saturated rings. The van der Waals surface area contributed by atoms with E-state index in [2.05, 4.69) is 0 Å². The fourth-order valence-electron chi connectivity index (χ4n) is 3.10. The minimum atomic E-state index is -0.942. The van der Waals surface area contributed by atoms with Crippen molar-refractivity contribution in [3.63, 3.8) is 0 Å². The number of benzene rings is 2. The first-order chi connectivity index (χ1) is 12.1. The van der Waals surface area contributed by atoms with Gasteiger partial charge in [-0.1, -0.05) is 30.3 Å². The minimum absolute atomic E-state index is 0.0993. The van der Waals surface area contributed by atoms with Crippen LogP contribution in [0.2, 0.25) is 0 Å². The number of nitrogens with zero attached hydrogens (tertiary/aromatic N) is 1. The van der Waals surface area contributed by atoms with Crippen molar-refractivity contribution in [2.24, 2.45) is 0 Å². The molecule has 2 atom stereocenters. The fourth-order valence-corrected chi connectivity index (χ4v) is 3.10. The monoisotopic (exact) mass is 339 g/mol. The molecule has 130 valence electrons. The predicted molar refractivity (Wildman–Crippen MR) is 93.6 cm³/mol. The smallest absolute Gasteiger partial charge is 0.326 e. The lowest BCUT2D eigenvalue weighted by atomic mass is 10.1. The molecule has 25 heavy (non-hydrogen) atoms. The van der Waals surface area contributed by atoms with Gasteiger partial charge in [0.15, 0.2) is 0 Å². The maximum Gasteiger partial charge on any atom is 0.326 e. The van der Waals surface area contributed by atoms with Gasteiger partial charge in [-0.25, -0.2) is 4.79 Å². The van der Waals surface area contributed by atoms with Gasteiger partial charge in [0.2, 0.25) is 0 Å². The first-order valence-electron chi connectivity index (χ1n) is 8.41. The van der Waals surface area contributed by atoms with Crippen LogP contribution in [-0.4, -0.2) is 34.5 Å². The molecular weight excluding hydrogens is 318 g/mol. The molecule has 1 heterocycles. The fraction of sp³-hybridized carbons (Fsp3) is 0.300. The summed E-state index contributed by atoms with van der Waals surface area (Å²) in [6, 6.07) is 16.0. The van der Waals surface area contributed by atoms with Crippen molar-refractivity contribution in [1.82, 2.24) is 4.90 Å². The summed E-state index contributed by atoms with van der Waals surface area (Å²) in [5.41, 5.74) is 1.55. The first kappa shape index (κ1) is 17.0. The van der Waals surface area contributed by atoms with Crippen LogP contribution in [0.15, 0.2) is 54.6 Å². The van der Waals surface area contributed by atoms with E-state index in [-0.39, 0.29) is 12.0 Å². The number of ether oxygens (including phenoxy) is 1. The SMILES string of the molecule is CC(Oc1ccc(C(=O)N2CCC[C@H]2C(=O)O)cc1)c1ccccc1. The lowest BCUT2D eigenvalue weighted by Crippen LogP contribution is -2.40. The van der Waals surface area contributed by atoms with Crippen molar-refractivity contribution in [1.29, 1.82) is 0 Å². The summed E-state index contributed by atoms with van der Waals surface area (Å²) < 4.78 is 5.90. The Hall–Kier alpha value is -2.82. The summed E-state index contributed by atoms with van der Waals surface area (Å²) in [5, 5.41) is 9.22. The molecule has 0 aliphatic carbocycles. The van der Waals surface area contributed by atoms with E-state index in [1.165, 1.54) is 4.90 Å². The number of hydrogen-bond donors (Lipinski definition) is 1. The molecule has 3 rings (SSSR count). The summed E-state index contributed by atoms with van der Waals surface area (Å²) in [6.45, 7) is 2.45. The number of hydrogen-bond acceptors (Lipinski definition) is 3. The van der Waals surface area contributed by atoms with Gasteiger partial charge in [0.25, 0.3) is 5.91 Å². The number of carbonyl (C=O) groups is 2. The van der Waals surface area contributed by atoms with Crippen LogP contribution in [0.3, 0.4) is 0 Å². The standard InChI is InChI=1S/C20H21NO4/c1-14(15-6-3-2-4-7-15)25-17-11-9-16(10-12-17)19(22)21-13-5-8-18(21)20(23)24/h2-4,6-7,9-12,14,18H,5,8,13H2,1H3,(H,23,24)/t14?,18-/m0/s1. The Labute approximate surface area is 146 Å². The van der Waals surface area contributed by atoms with Crippen LogP contribution >= 0.6 is 0 Å². The Morgan fingerprint density at radius 2 is 1.80 bits per heavy atom. The highest BCUT2D eigenvalue weighted by Crippen LogP contribution is 2.24. The van der Waals surface area contributed by atoms with E-state index < -0.39 is 12.0 Å². The number of carboxylic acid groups (broad SMARTS) is 1. The number of carbonyl (C=O) groups excluding carboxylic acids is 1. The first-order valence-corrected chi connectivity index (χ1v) is 8.41. The van der Waals surface area contributed by atoms with E-state index in [1.807, 2.05) is 37.3 Å². The van der Waals surface area contributed by atoms with Gasteiger partial charge in [0, 0.05) is 12.1 Å². The van der Waals surface area contributed by atoms with Crippen molar-refractivity contribution in [2.75, 3.05) is 6.54 Å². The lowest BCUT2D eigenvalue weighted by molar-refractivity contribution is -0.141.